The molecule has 28 heavy (non-hydrogen) atoms. The van der Waals surface area contributed by atoms with E-state index in [-0.39, 0.29) is 42.2 Å². The largest absolute Gasteiger partial charge is 0.355 e. The Balaban J connectivity index is 0.00000392. The van der Waals surface area contributed by atoms with E-state index in [9.17, 15) is 13.2 Å². The lowest BCUT2D eigenvalue weighted by Crippen LogP contribution is -2.58. The zero-order chi connectivity index (χ0) is 20.2. The Morgan fingerprint density at radius 3 is 2.54 bits per heavy atom. The van der Waals surface area contributed by atoms with Crippen LogP contribution in [0.1, 0.15) is 33.6 Å². The summed E-state index contributed by atoms with van der Waals surface area (Å²) < 4.78 is 23.8. The number of halogens is 1. The van der Waals surface area contributed by atoms with Gasteiger partial charge in [-0.25, -0.2) is 13.4 Å². The highest BCUT2D eigenvalue weighted by atomic mass is 127. The highest BCUT2D eigenvalue weighted by Gasteiger charge is 2.41. The predicted molar refractivity (Wildman–Crippen MR) is 124 cm³/mol. The lowest BCUT2D eigenvalue weighted by molar-refractivity contribution is -0.127. The number of aliphatic imine (C=N–C) groups is 1. The Hall–Kier alpha value is -0.620. The molecule has 2 heterocycles. The van der Waals surface area contributed by atoms with Gasteiger partial charge in [-0.2, -0.15) is 0 Å². The molecular weight excluding hydrogens is 493 g/mol. The van der Waals surface area contributed by atoms with Gasteiger partial charge in [-0.05, 0) is 39.8 Å². The third-order valence-electron chi connectivity index (χ3n) is 5.61. The smallest absolute Gasteiger partial charge is 0.243 e. The van der Waals surface area contributed by atoms with Crippen molar-refractivity contribution in [2.45, 2.75) is 44.4 Å². The Kier molecular flexibility index (Phi) is 9.46. The molecule has 0 aromatic carbocycles. The number of likely N-dealkylation sites (tertiary alicyclic amines) is 1. The molecule has 0 saturated carbocycles. The third-order valence-corrected chi connectivity index (χ3v) is 8.14. The first kappa shape index (κ1) is 25.4. The number of carbonyl (C=O) groups excluding carboxylic acids is 1. The molecule has 1 amide bonds. The van der Waals surface area contributed by atoms with Gasteiger partial charge in [0.2, 0.25) is 5.91 Å². The van der Waals surface area contributed by atoms with Gasteiger partial charge in [-0.3, -0.25) is 9.69 Å². The van der Waals surface area contributed by atoms with Gasteiger partial charge in [0.1, 0.15) is 6.54 Å². The molecule has 0 bridgehead atoms. The average molecular weight is 529 g/mol. The van der Waals surface area contributed by atoms with E-state index in [0.717, 1.165) is 26.1 Å². The van der Waals surface area contributed by atoms with Crippen LogP contribution in [0.4, 0.5) is 0 Å². The van der Waals surface area contributed by atoms with Crippen LogP contribution in [0.25, 0.3) is 0 Å². The molecule has 0 aromatic rings. The summed E-state index contributed by atoms with van der Waals surface area (Å²) in [7, 11) is 0.292. The number of guanidine groups is 1. The second-order valence-electron chi connectivity index (χ2n) is 8.23. The number of likely N-dealkylation sites (N-methyl/N-ethyl adjacent to an activating group) is 2. The molecule has 164 valence electrons. The third kappa shape index (κ3) is 6.19. The van der Waals surface area contributed by atoms with Gasteiger partial charge in [0.25, 0.3) is 0 Å². The van der Waals surface area contributed by atoms with Crippen LogP contribution in [-0.2, 0) is 14.6 Å². The molecule has 1 atom stereocenters. The van der Waals surface area contributed by atoms with Crippen LogP contribution in [0.3, 0.4) is 0 Å². The minimum atomic E-state index is -3.12. The van der Waals surface area contributed by atoms with Crippen molar-refractivity contribution in [3.05, 3.63) is 0 Å². The summed E-state index contributed by atoms with van der Waals surface area (Å²) in [4.78, 5) is 22.4. The molecule has 1 unspecified atom stereocenters. The molecule has 0 radical (unpaired) electrons. The van der Waals surface area contributed by atoms with Crippen LogP contribution in [0.2, 0.25) is 0 Å². The number of carbonyl (C=O) groups is 1. The number of rotatable bonds is 5. The summed E-state index contributed by atoms with van der Waals surface area (Å²) in [6.07, 6.45) is 2.34. The van der Waals surface area contributed by atoms with Crippen molar-refractivity contribution >= 4 is 45.7 Å². The Morgan fingerprint density at radius 1 is 1.29 bits per heavy atom. The van der Waals surface area contributed by atoms with E-state index >= 15 is 0 Å². The summed E-state index contributed by atoms with van der Waals surface area (Å²) in [5.74, 6) is 0.665. The van der Waals surface area contributed by atoms with E-state index < -0.39 is 14.6 Å². The molecule has 0 spiro atoms. The van der Waals surface area contributed by atoms with E-state index in [2.05, 4.69) is 22.1 Å². The first-order valence-corrected chi connectivity index (χ1v) is 11.4. The van der Waals surface area contributed by atoms with Crippen LogP contribution < -0.4 is 5.32 Å². The maximum absolute atomic E-state index is 12.3. The van der Waals surface area contributed by atoms with Crippen molar-refractivity contribution < 1.29 is 13.2 Å². The summed E-state index contributed by atoms with van der Waals surface area (Å²) in [6, 6.07) is 0.450. The minimum Gasteiger partial charge on any atom is -0.355 e. The fraction of sp³-hybridized carbons (Fsp3) is 0.889. The molecule has 0 aliphatic carbocycles. The van der Waals surface area contributed by atoms with Gasteiger partial charge in [0.15, 0.2) is 15.8 Å². The highest BCUT2D eigenvalue weighted by Crippen LogP contribution is 2.24. The van der Waals surface area contributed by atoms with E-state index in [0.29, 0.717) is 25.1 Å². The van der Waals surface area contributed by atoms with Gasteiger partial charge in [0.05, 0.1) is 10.5 Å². The quantitative estimate of drug-likeness (QED) is 0.320. The zero-order valence-electron chi connectivity index (χ0n) is 17.8. The molecule has 10 heteroatoms. The fourth-order valence-electron chi connectivity index (χ4n) is 3.63. The van der Waals surface area contributed by atoms with Crippen molar-refractivity contribution in [3.63, 3.8) is 0 Å². The van der Waals surface area contributed by atoms with Crippen LogP contribution in [0.5, 0.6) is 0 Å². The number of nitrogens with one attached hydrogen (secondary N) is 1. The Bertz CT molecular complexity index is 666. The Labute approximate surface area is 187 Å². The molecule has 0 aromatic heterocycles. The van der Waals surface area contributed by atoms with E-state index in [1.807, 2.05) is 4.90 Å². The number of hydrogen-bond acceptors (Lipinski definition) is 5. The second-order valence-corrected chi connectivity index (χ2v) is 11.0. The highest BCUT2D eigenvalue weighted by molar-refractivity contribution is 14.0. The van der Waals surface area contributed by atoms with Crippen molar-refractivity contribution in [1.29, 1.82) is 0 Å². The topological polar surface area (TPSA) is 85.3 Å². The van der Waals surface area contributed by atoms with Gasteiger partial charge < -0.3 is 15.1 Å². The zero-order valence-corrected chi connectivity index (χ0v) is 20.9. The summed E-state index contributed by atoms with van der Waals surface area (Å²) in [6.45, 7) is 9.40. The standard InChI is InChI=1S/C18H35N5O3S.HI/c1-6-22-9-7-8-15(22)12-19-17(20-13-16(24)21(4)5)23-10-11-27(25,26)18(2,3)14-23;/h15H,6-14H2,1-5H3,(H,19,20);1H. The molecule has 2 aliphatic heterocycles. The number of amides is 1. The van der Waals surface area contributed by atoms with Crippen LogP contribution in [-0.4, -0.2) is 105 Å². The molecule has 2 rings (SSSR count). The number of hydrogen-bond donors (Lipinski definition) is 1. The minimum absolute atomic E-state index is 0. The molecule has 1 N–H and O–H groups in total. The van der Waals surface area contributed by atoms with Gasteiger partial charge in [-0.1, -0.05) is 6.92 Å². The van der Waals surface area contributed by atoms with Crippen molar-refractivity contribution in [1.82, 2.24) is 20.0 Å². The maximum Gasteiger partial charge on any atom is 0.243 e. The lowest BCUT2D eigenvalue weighted by atomic mass is 10.2. The summed E-state index contributed by atoms with van der Waals surface area (Å²) in [5, 5.41) is 3.42. The van der Waals surface area contributed by atoms with Gasteiger partial charge in [0, 0.05) is 39.8 Å². The number of sulfone groups is 1. The van der Waals surface area contributed by atoms with Crippen molar-refractivity contribution in [3.8, 4) is 0 Å². The normalized spacial score (nSPS) is 24.5. The molecule has 2 fully saturated rings. The second kappa shape index (κ2) is 10.4. The molecule has 2 aliphatic rings. The van der Waals surface area contributed by atoms with Crippen molar-refractivity contribution in [2.24, 2.45) is 4.99 Å². The van der Waals surface area contributed by atoms with Crippen LogP contribution in [0.15, 0.2) is 4.99 Å². The maximum atomic E-state index is 12.3. The van der Waals surface area contributed by atoms with Gasteiger partial charge in [-0.15, -0.1) is 24.0 Å². The Morgan fingerprint density at radius 2 is 1.96 bits per heavy atom. The van der Waals surface area contributed by atoms with E-state index in [1.165, 1.54) is 11.3 Å². The van der Waals surface area contributed by atoms with E-state index in [1.54, 1.807) is 27.9 Å². The summed E-state index contributed by atoms with van der Waals surface area (Å²) in [5.41, 5.74) is 0. The SMILES string of the molecule is CCN1CCCC1CNC(=NCC(=O)N(C)C)N1CCS(=O)(=O)C(C)(C)C1.I. The fourth-order valence-corrected chi connectivity index (χ4v) is 4.99. The number of nitrogens with zero attached hydrogens (tertiary/aromatic N) is 4. The first-order valence-electron chi connectivity index (χ1n) is 9.77. The van der Waals surface area contributed by atoms with Crippen molar-refractivity contribution in [2.75, 3.05) is 59.1 Å². The summed E-state index contributed by atoms with van der Waals surface area (Å²) >= 11 is 0. The average Bonchev–Trinajstić information content (AvgIpc) is 3.04. The molecular formula is C18H36IN5O3S. The van der Waals surface area contributed by atoms with Gasteiger partial charge >= 0.3 is 0 Å². The molecule has 2 saturated heterocycles. The predicted octanol–water partition coefficient (Wildman–Crippen LogP) is 0.632. The lowest BCUT2D eigenvalue weighted by Gasteiger charge is -2.39. The first-order chi connectivity index (χ1) is 12.6. The van der Waals surface area contributed by atoms with E-state index in [4.69, 9.17) is 0 Å². The molecule has 8 nitrogen and oxygen atoms in total. The van der Waals surface area contributed by atoms with Crippen LogP contribution in [0, 0.1) is 0 Å². The monoisotopic (exact) mass is 529 g/mol. The van der Waals surface area contributed by atoms with Crippen LogP contribution >= 0.6 is 24.0 Å².